The van der Waals surface area contributed by atoms with Gasteiger partial charge in [0.2, 0.25) is 0 Å². The summed E-state index contributed by atoms with van der Waals surface area (Å²) in [6.45, 7) is 6.50. The van der Waals surface area contributed by atoms with Crippen LogP contribution in [0.3, 0.4) is 0 Å². The van der Waals surface area contributed by atoms with Gasteiger partial charge in [-0.05, 0) is 122 Å². The summed E-state index contributed by atoms with van der Waals surface area (Å²) in [5, 5.41) is 0. The molecule has 1 unspecified atom stereocenters. The highest BCUT2D eigenvalue weighted by molar-refractivity contribution is 5.71. The number of esters is 3. The Kier molecular flexibility index (Phi) is 65.3. The lowest BCUT2D eigenvalue weighted by Crippen LogP contribution is -2.30. The monoisotopic (exact) mass is 1130 g/mol. The molecule has 0 aromatic heterocycles. The van der Waals surface area contributed by atoms with Gasteiger partial charge < -0.3 is 14.2 Å². The first-order chi connectivity index (χ1) is 40.5. The lowest BCUT2D eigenvalue weighted by molar-refractivity contribution is -0.167. The van der Waals surface area contributed by atoms with Crippen LogP contribution in [0.2, 0.25) is 0 Å². The summed E-state index contributed by atoms with van der Waals surface area (Å²) in [5.74, 6) is -0.916. The summed E-state index contributed by atoms with van der Waals surface area (Å²) in [6.07, 6.45) is 97.5. The molecular weight excluding hydrogens is 1010 g/mol. The van der Waals surface area contributed by atoms with Crippen LogP contribution < -0.4 is 0 Å². The molecule has 0 fully saturated rings. The highest BCUT2D eigenvalue weighted by Crippen LogP contribution is 2.16. The standard InChI is InChI=1S/C76H126O6/c1-4-7-10-13-16-19-22-25-28-30-31-32-33-34-35-36-37-38-39-40-41-42-43-44-45-46-49-51-54-57-60-63-66-69-75(78)81-72-73(71-80-74(77)68-65-62-59-56-53-50-47-27-24-21-18-15-12-9-6-3)82-76(79)70-67-64-61-58-55-52-48-29-26-23-20-17-14-11-8-5-2/h7,10,16,19-20,23,25,28-29,31-32,34-35,37-38,40-41,43-44,46,48-49,73H,4-6,8-9,11-15,17-18,21-22,24,26-27,30,33,36,39,42,45,47,50-72H2,1-3H3/b10-7-,19-16-,23-20-,28-25-,32-31-,35-34-,38-37-,41-40-,44-43-,48-29-,49-46-. The number of hydrogen-bond acceptors (Lipinski definition) is 6. The summed E-state index contributed by atoms with van der Waals surface area (Å²) in [7, 11) is 0. The van der Waals surface area contributed by atoms with Gasteiger partial charge in [-0.15, -0.1) is 0 Å². The Morgan fingerprint density at radius 1 is 0.256 bits per heavy atom. The quantitative estimate of drug-likeness (QED) is 0.0261. The maximum atomic E-state index is 12.9. The van der Waals surface area contributed by atoms with Crippen molar-refractivity contribution in [2.45, 2.75) is 316 Å². The van der Waals surface area contributed by atoms with E-state index in [0.29, 0.717) is 19.3 Å². The molecule has 0 heterocycles. The molecule has 0 rings (SSSR count). The Morgan fingerprint density at radius 2 is 0.476 bits per heavy atom. The normalized spacial score (nSPS) is 13.0. The molecule has 1 atom stereocenters. The van der Waals surface area contributed by atoms with Crippen LogP contribution in [0.25, 0.3) is 0 Å². The fourth-order valence-electron chi connectivity index (χ4n) is 9.29. The van der Waals surface area contributed by atoms with E-state index in [-0.39, 0.29) is 31.1 Å². The number of rotatable bonds is 61. The Morgan fingerprint density at radius 3 is 0.756 bits per heavy atom. The minimum absolute atomic E-state index is 0.0900. The Hall–Kier alpha value is -4.45. The van der Waals surface area contributed by atoms with E-state index < -0.39 is 6.10 Å². The molecule has 0 aromatic rings. The number of carbonyl (C=O) groups excluding carboxylic acids is 3. The van der Waals surface area contributed by atoms with Crippen LogP contribution in [-0.2, 0) is 28.6 Å². The molecule has 0 N–H and O–H groups in total. The third kappa shape index (κ3) is 66.4. The average molecular weight is 1140 g/mol. The fraction of sp³-hybridized carbons (Fsp3) is 0.671. The SMILES string of the molecule is CC/C=C\C/C=C\C/C=C\C/C=C\C/C=C\C/C=C\C/C=C\C/C=C\C/C=C\CCCCCCCC(=O)OCC(COC(=O)CCCCCCCCCCCCCCCCC)OC(=O)CCCCCCC/C=C\C/C=C\CCCCCC. The van der Waals surface area contributed by atoms with Crippen LogP contribution >= 0.6 is 0 Å². The van der Waals surface area contributed by atoms with Crippen molar-refractivity contribution in [3.63, 3.8) is 0 Å². The van der Waals surface area contributed by atoms with Crippen LogP contribution in [-0.4, -0.2) is 37.2 Å². The van der Waals surface area contributed by atoms with E-state index in [2.05, 4.69) is 154 Å². The zero-order valence-corrected chi connectivity index (χ0v) is 53.5. The molecule has 0 spiro atoms. The van der Waals surface area contributed by atoms with Gasteiger partial charge in [-0.2, -0.15) is 0 Å². The van der Waals surface area contributed by atoms with Gasteiger partial charge in [0, 0.05) is 19.3 Å². The number of ether oxygens (including phenoxy) is 3. The van der Waals surface area contributed by atoms with Crippen molar-refractivity contribution in [2.24, 2.45) is 0 Å². The van der Waals surface area contributed by atoms with E-state index in [1.54, 1.807) is 0 Å². The predicted molar refractivity (Wildman–Crippen MR) is 357 cm³/mol. The number of hydrogen-bond donors (Lipinski definition) is 0. The average Bonchev–Trinajstić information content (AvgIpc) is 3.47. The van der Waals surface area contributed by atoms with E-state index in [1.165, 1.54) is 109 Å². The van der Waals surface area contributed by atoms with Gasteiger partial charge in [0.1, 0.15) is 13.2 Å². The van der Waals surface area contributed by atoms with Crippen LogP contribution in [0.5, 0.6) is 0 Å². The second kappa shape index (κ2) is 69.0. The van der Waals surface area contributed by atoms with Crippen LogP contribution in [0.15, 0.2) is 134 Å². The zero-order chi connectivity index (χ0) is 59.2. The first-order valence-electron chi connectivity index (χ1n) is 34.2. The summed E-state index contributed by atoms with van der Waals surface area (Å²) >= 11 is 0. The Balaban J connectivity index is 4.35. The zero-order valence-electron chi connectivity index (χ0n) is 53.5. The van der Waals surface area contributed by atoms with Crippen LogP contribution in [0.1, 0.15) is 310 Å². The maximum absolute atomic E-state index is 12.9. The van der Waals surface area contributed by atoms with E-state index in [4.69, 9.17) is 14.2 Å². The van der Waals surface area contributed by atoms with Gasteiger partial charge >= 0.3 is 17.9 Å². The molecule has 0 radical (unpaired) electrons. The summed E-state index contributed by atoms with van der Waals surface area (Å²) in [5.41, 5.74) is 0. The van der Waals surface area contributed by atoms with Crippen molar-refractivity contribution in [1.29, 1.82) is 0 Å². The van der Waals surface area contributed by atoms with Crippen molar-refractivity contribution >= 4 is 17.9 Å². The lowest BCUT2D eigenvalue weighted by Gasteiger charge is -2.18. The summed E-state index contributed by atoms with van der Waals surface area (Å²) < 4.78 is 16.9. The minimum Gasteiger partial charge on any atom is -0.462 e. The molecule has 0 aromatic carbocycles. The van der Waals surface area contributed by atoms with Gasteiger partial charge in [-0.3, -0.25) is 14.4 Å². The van der Waals surface area contributed by atoms with Gasteiger partial charge in [-0.25, -0.2) is 0 Å². The van der Waals surface area contributed by atoms with Gasteiger partial charge in [-0.1, -0.05) is 302 Å². The summed E-state index contributed by atoms with van der Waals surface area (Å²) in [6, 6.07) is 0. The van der Waals surface area contributed by atoms with Crippen molar-refractivity contribution in [2.75, 3.05) is 13.2 Å². The Bertz CT molecular complexity index is 1730. The second-order valence-electron chi connectivity index (χ2n) is 22.4. The van der Waals surface area contributed by atoms with Crippen molar-refractivity contribution in [3.05, 3.63) is 134 Å². The van der Waals surface area contributed by atoms with Crippen LogP contribution in [0.4, 0.5) is 0 Å². The first kappa shape index (κ1) is 77.5. The van der Waals surface area contributed by atoms with Gasteiger partial charge in [0.25, 0.3) is 0 Å². The number of allylic oxidation sites excluding steroid dienone is 22. The largest absolute Gasteiger partial charge is 0.462 e. The third-order valence-corrected chi connectivity index (χ3v) is 14.4. The molecule has 6 heteroatoms. The molecule has 6 nitrogen and oxygen atoms in total. The summed E-state index contributed by atoms with van der Waals surface area (Å²) in [4.78, 5) is 38.4. The molecule has 466 valence electrons. The van der Waals surface area contributed by atoms with E-state index in [0.717, 1.165) is 161 Å². The highest BCUT2D eigenvalue weighted by Gasteiger charge is 2.19. The smallest absolute Gasteiger partial charge is 0.306 e. The van der Waals surface area contributed by atoms with Crippen molar-refractivity contribution in [3.8, 4) is 0 Å². The molecule has 0 bridgehead atoms. The maximum Gasteiger partial charge on any atom is 0.306 e. The highest BCUT2D eigenvalue weighted by atomic mass is 16.6. The van der Waals surface area contributed by atoms with E-state index >= 15 is 0 Å². The van der Waals surface area contributed by atoms with E-state index in [1.807, 2.05) is 0 Å². The minimum atomic E-state index is -0.797. The number of unbranched alkanes of at least 4 members (excludes halogenated alkanes) is 28. The predicted octanol–water partition coefficient (Wildman–Crippen LogP) is 23.7. The van der Waals surface area contributed by atoms with Crippen molar-refractivity contribution < 1.29 is 28.6 Å². The molecule has 0 aliphatic rings. The molecule has 0 saturated heterocycles. The third-order valence-electron chi connectivity index (χ3n) is 14.4. The fourth-order valence-corrected chi connectivity index (χ4v) is 9.29. The van der Waals surface area contributed by atoms with E-state index in [9.17, 15) is 14.4 Å². The molecule has 0 aliphatic heterocycles. The molecular formula is C76H126O6. The van der Waals surface area contributed by atoms with Gasteiger partial charge in [0.05, 0.1) is 0 Å². The molecule has 82 heavy (non-hydrogen) atoms. The lowest BCUT2D eigenvalue weighted by atomic mass is 10.0. The first-order valence-corrected chi connectivity index (χ1v) is 34.2. The molecule has 0 saturated carbocycles. The second-order valence-corrected chi connectivity index (χ2v) is 22.4. The number of carbonyl (C=O) groups is 3. The van der Waals surface area contributed by atoms with Gasteiger partial charge in [0.15, 0.2) is 6.10 Å². The molecule has 0 aliphatic carbocycles. The Labute approximate surface area is 506 Å². The van der Waals surface area contributed by atoms with Crippen LogP contribution in [0, 0.1) is 0 Å². The van der Waals surface area contributed by atoms with Crippen molar-refractivity contribution in [1.82, 2.24) is 0 Å². The topological polar surface area (TPSA) is 78.9 Å². The molecule has 0 amide bonds.